The maximum atomic E-state index is 14.3. The van der Waals surface area contributed by atoms with E-state index in [1.807, 2.05) is 4.90 Å². The number of anilines is 1. The van der Waals surface area contributed by atoms with Gasteiger partial charge in [0, 0.05) is 23.2 Å². The van der Waals surface area contributed by atoms with E-state index in [4.69, 9.17) is 5.11 Å². The maximum absolute atomic E-state index is 14.3. The molecule has 0 bridgehead atoms. The Labute approximate surface area is 115 Å². The first-order chi connectivity index (χ1) is 9.22. The Morgan fingerprint density at radius 1 is 1.53 bits per heavy atom. The van der Waals surface area contributed by atoms with Crippen LogP contribution >= 0.6 is 11.3 Å². The standard InChI is InChI=1S/C14H15FN2OS/c1-9-11-4-7-19-12(11)3-6-17(9)14-13(15)10(8-18)2-5-16-14/h2,4-5,7,9,18H,3,6,8H2,1H3. The molecule has 2 aromatic heterocycles. The molecule has 3 nitrogen and oxygen atoms in total. The summed E-state index contributed by atoms with van der Waals surface area (Å²) in [5.41, 5.74) is 1.56. The minimum atomic E-state index is -0.407. The van der Waals surface area contributed by atoms with Crippen LogP contribution in [-0.4, -0.2) is 16.6 Å². The largest absolute Gasteiger partial charge is 0.392 e. The normalized spacial score (nSPS) is 18.5. The number of aliphatic hydroxyl groups excluding tert-OH is 1. The van der Waals surface area contributed by atoms with Gasteiger partial charge < -0.3 is 10.0 Å². The van der Waals surface area contributed by atoms with Gasteiger partial charge in [-0.05, 0) is 36.4 Å². The van der Waals surface area contributed by atoms with E-state index >= 15 is 0 Å². The van der Waals surface area contributed by atoms with Crippen LogP contribution in [-0.2, 0) is 13.0 Å². The number of rotatable bonds is 2. The molecular formula is C14H15FN2OS. The van der Waals surface area contributed by atoms with Crippen LogP contribution in [0.5, 0.6) is 0 Å². The SMILES string of the molecule is CC1c2ccsc2CCN1c1nccc(CO)c1F. The number of pyridine rings is 1. The summed E-state index contributed by atoms with van der Waals surface area (Å²) in [6.45, 7) is 2.53. The highest BCUT2D eigenvalue weighted by Gasteiger charge is 2.28. The van der Waals surface area contributed by atoms with Crippen LogP contribution in [0, 0.1) is 5.82 Å². The number of halogens is 1. The molecule has 2 aromatic rings. The lowest BCUT2D eigenvalue weighted by Crippen LogP contribution is -2.34. The summed E-state index contributed by atoms with van der Waals surface area (Å²) in [5, 5.41) is 11.2. The number of hydrogen-bond acceptors (Lipinski definition) is 4. The van der Waals surface area contributed by atoms with Crippen LogP contribution < -0.4 is 4.90 Å². The smallest absolute Gasteiger partial charge is 0.171 e. The van der Waals surface area contributed by atoms with Gasteiger partial charge in [-0.1, -0.05) is 0 Å². The Hall–Kier alpha value is -1.46. The molecule has 1 N–H and O–H groups in total. The summed E-state index contributed by atoms with van der Waals surface area (Å²) in [6, 6.07) is 3.74. The molecule has 100 valence electrons. The molecule has 0 spiro atoms. The summed E-state index contributed by atoms with van der Waals surface area (Å²) < 4.78 is 14.3. The third-order valence-corrected chi connectivity index (χ3v) is 4.67. The molecule has 1 atom stereocenters. The molecule has 3 heterocycles. The molecule has 0 aliphatic carbocycles. The Bertz CT molecular complexity index is 599. The fraction of sp³-hybridized carbons (Fsp3) is 0.357. The van der Waals surface area contributed by atoms with Crippen molar-refractivity contribution in [3.8, 4) is 0 Å². The summed E-state index contributed by atoms with van der Waals surface area (Å²) in [7, 11) is 0. The van der Waals surface area contributed by atoms with Crippen molar-refractivity contribution in [3.63, 3.8) is 0 Å². The van der Waals surface area contributed by atoms with E-state index in [9.17, 15) is 4.39 Å². The molecule has 1 aliphatic rings. The lowest BCUT2D eigenvalue weighted by atomic mass is 10.0. The molecule has 0 amide bonds. The van der Waals surface area contributed by atoms with Crippen molar-refractivity contribution in [3.05, 3.63) is 45.5 Å². The highest BCUT2D eigenvalue weighted by molar-refractivity contribution is 7.10. The van der Waals surface area contributed by atoms with Gasteiger partial charge in [-0.3, -0.25) is 0 Å². The molecule has 1 unspecified atom stereocenters. The van der Waals surface area contributed by atoms with Crippen molar-refractivity contribution in [2.24, 2.45) is 0 Å². The van der Waals surface area contributed by atoms with Crippen molar-refractivity contribution >= 4 is 17.2 Å². The number of fused-ring (bicyclic) bond motifs is 1. The number of hydrogen-bond donors (Lipinski definition) is 1. The van der Waals surface area contributed by atoms with Crippen molar-refractivity contribution in [2.45, 2.75) is 26.0 Å². The van der Waals surface area contributed by atoms with Gasteiger partial charge in [0.05, 0.1) is 12.6 Å². The van der Waals surface area contributed by atoms with E-state index in [1.165, 1.54) is 16.5 Å². The summed E-state index contributed by atoms with van der Waals surface area (Å²) >= 11 is 1.76. The lowest BCUT2D eigenvalue weighted by molar-refractivity contribution is 0.275. The van der Waals surface area contributed by atoms with Gasteiger partial charge in [0.15, 0.2) is 11.6 Å². The van der Waals surface area contributed by atoms with Gasteiger partial charge in [0.25, 0.3) is 0 Å². The van der Waals surface area contributed by atoms with Crippen LogP contribution in [0.25, 0.3) is 0 Å². The number of aromatic nitrogens is 1. The summed E-state index contributed by atoms with van der Waals surface area (Å²) in [4.78, 5) is 7.51. The zero-order valence-corrected chi connectivity index (χ0v) is 11.5. The van der Waals surface area contributed by atoms with Crippen LogP contribution in [0.3, 0.4) is 0 Å². The van der Waals surface area contributed by atoms with Crippen molar-refractivity contribution in [1.29, 1.82) is 0 Å². The molecule has 1 aliphatic heterocycles. The first kappa shape index (κ1) is 12.6. The average Bonchev–Trinajstić information content (AvgIpc) is 2.89. The predicted octanol–water partition coefficient (Wildman–Crippen LogP) is 2.90. The monoisotopic (exact) mass is 278 g/mol. The fourth-order valence-electron chi connectivity index (χ4n) is 2.59. The Morgan fingerprint density at radius 2 is 2.37 bits per heavy atom. The van der Waals surface area contributed by atoms with E-state index < -0.39 is 5.82 Å². The van der Waals surface area contributed by atoms with E-state index in [1.54, 1.807) is 17.5 Å². The number of thiophene rings is 1. The lowest BCUT2D eigenvalue weighted by Gasteiger charge is -2.34. The molecule has 19 heavy (non-hydrogen) atoms. The minimum Gasteiger partial charge on any atom is -0.392 e. The van der Waals surface area contributed by atoms with E-state index in [0.29, 0.717) is 11.4 Å². The summed E-state index contributed by atoms with van der Waals surface area (Å²) in [5.74, 6) is -0.0635. The maximum Gasteiger partial charge on any atom is 0.171 e. The van der Waals surface area contributed by atoms with Crippen LogP contribution in [0.15, 0.2) is 23.7 Å². The molecule has 5 heteroatoms. The van der Waals surface area contributed by atoms with Gasteiger partial charge in [-0.15, -0.1) is 11.3 Å². The zero-order valence-electron chi connectivity index (χ0n) is 10.6. The zero-order chi connectivity index (χ0) is 13.4. The van der Waals surface area contributed by atoms with Gasteiger partial charge in [0.2, 0.25) is 0 Å². The Balaban J connectivity index is 2.00. The molecule has 0 saturated carbocycles. The number of aliphatic hydroxyl groups is 1. The van der Waals surface area contributed by atoms with E-state index in [0.717, 1.165) is 13.0 Å². The molecule has 0 saturated heterocycles. The molecule has 0 aromatic carbocycles. The Kier molecular flexibility index (Phi) is 3.24. The first-order valence-corrected chi connectivity index (χ1v) is 7.17. The number of nitrogens with zero attached hydrogens (tertiary/aromatic N) is 2. The van der Waals surface area contributed by atoms with E-state index in [2.05, 4.69) is 23.4 Å². The second-order valence-electron chi connectivity index (χ2n) is 4.68. The van der Waals surface area contributed by atoms with Crippen molar-refractivity contribution in [1.82, 2.24) is 4.98 Å². The van der Waals surface area contributed by atoms with Gasteiger partial charge in [-0.25, -0.2) is 9.37 Å². The average molecular weight is 278 g/mol. The van der Waals surface area contributed by atoms with Crippen LogP contribution in [0.2, 0.25) is 0 Å². The van der Waals surface area contributed by atoms with Crippen LogP contribution in [0.4, 0.5) is 10.2 Å². The van der Waals surface area contributed by atoms with Gasteiger partial charge >= 0.3 is 0 Å². The molecular weight excluding hydrogens is 263 g/mol. The first-order valence-electron chi connectivity index (χ1n) is 6.29. The third-order valence-electron chi connectivity index (χ3n) is 3.67. The molecule has 0 fully saturated rings. The van der Waals surface area contributed by atoms with Crippen molar-refractivity contribution in [2.75, 3.05) is 11.4 Å². The fourth-order valence-corrected chi connectivity index (χ4v) is 3.56. The second-order valence-corrected chi connectivity index (χ2v) is 5.68. The summed E-state index contributed by atoms with van der Waals surface area (Å²) in [6.07, 6.45) is 2.47. The third kappa shape index (κ3) is 2.03. The topological polar surface area (TPSA) is 36.4 Å². The Morgan fingerprint density at radius 3 is 3.16 bits per heavy atom. The minimum absolute atomic E-state index is 0.117. The predicted molar refractivity (Wildman–Crippen MR) is 73.9 cm³/mol. The highest BCUT2D eigenvalue weighted by atomic mass is 32.1. The molecule has 3 rings (SSSR count). The highest BCUT2D eigenvalue weighted by Crippen LogP contribution is 2.36. The van der Waals surface area contributed by atoms with Crippen LogP contribution in [0.1, 0.15) is 29.0 Å². The van der Waals surface area contributed by atoms with E-state index in [-0.39, 0.29) is 12.6 Å². The quantitative estimate of drug-likeness (QED) is 0.917. The molecule has 0 radical (unpaired) electrons. The van der Waals surface area contributed by atoms with Gasteiger partial charge in [0.1, 0.15) is 0 Å². The van der Waals surface area contributed by atoms with Gasteiger partial charge in [-0.2, -0.15) is 0 Å². The van der Waals surface area contributed by atoms with Crippen molar-refractivity contribution < 1.29 is 9.50 Å². The second kappa shape index (κ2) is 4.90.